The molecule has 0 bridgehead atoms. The highest BCUT2D eigenvalue weighted by molar-refractivity contribution is 6.90. The van der Waals surface area contributed by atoms with Crippen LogP contribution in [0.1, 0.15) is 26.3 Å². The lowest BCUT2D eigenvalue weighted by atomic mass is 9.44. The number of benzene rings is 8. The van der Waals surface area contributed by atoms with Crippen LogP contribution in [0.4, 0.5) is 17.1 Å². The van der Waals surface area contributed by atoms with Crippen LogP contribution in [0.25, 0.3) is 87.9 Å². The van der Waals surface area contributed by atoms with E-state index in [9.17, 15) is 0 Å². The zero-order valence-electron chi connectivity index (χ0n) is 31.8. The molecule has 0 spiro atoms. The van der Waals surface area contributed by atoms with Crippen molar-refractivity contribution in [3.8, 4) is 22.3 Å². The van der Waals surface area contributed by atoms with Crippen LogP contribution >= 0.6 is 0 Å². The number of aromatic nitrogens is 1. The molecule has 4 nitrogen and oxygen atoms in total. The van der Waals surface area contributed by atoms with Crippen molar-refractivity contribution in [3.63, 3.8) is 0 Å². The highest BCUT2D eigenvalue weighted by Crippen LogP contribution is 2.53. The Labute approximate surface area is 329 Å². The Bertz CT molecular complexity index is 3530. The number of para-hydroxylation sites is 4. The van der Waals surface area contributed by atoms with E-state index in [2.05, 4.69) is 188 Å². The number of fused-ring (bicyclic) bond motifs is 15. The van der Waals surface area contributed by atoms with Crippen LogP contribution in [0.5, 0.6) is 0 Å². The average Bonchev–Trinajstić information content (AvgIpc) is 3.92. The van der Waals surface area contributed by atoms with Gasteiger partial charge in [-0.25, -0.2) is 0 Å². The summed E-state index contributed by atoms with van der Waals surface area (Å²) in [5.74, 6) is 0. The fraction of sp³-hybridized carbons (Fsp3) is 0.0769. The molecular weight excluding hydrogens is 695 g/mol. The molecule has 2 aliphatic heterocycles. The summed E-state index contributed by atoms with van der Waals surface area (Å²) < 4.78 is 16.3. The lowest BCUT2D eigenvalue weighted by Gasteiger charge is -2.41. The topological polar surface area (TPSA) is 34.5 Å². The Hall–Kier alpha value is -6.98. The monoisotopic (exact) mass is 730 g/mol. The SMILES string of the molecule is CC(C)(C)c1ccc(N2c3cc4c(oc5ccccc54)c4c3B(c3ccc5oc6ccccc6c5c32)n2c3ccccc3c3cccc-4c32)c(-c2ccccc2)c1. The lowest BCUT2D eigenvalue weighted by molar-refractivity contribution is 0.590. The van der Waals surface area contributed by atoms with Gasteiger partial charge in [-0.1, -0.05) is 136 Å². The minimum atomic E-state index is -0.136. The number of anilines is 3. The van der Waals surface area contributed by atoms with Gasteiger partial charge in [0.2, 0.25) is 0 Å². The van der Waals surface area contributed by atoms with E-state index in [0.29, 0.717) is 0 Å². The van der Waals surface area contributed by atoms with Crippen LogP contribution in [-0.4, -0.2) is 11.3 Å². The van der Waals surface area contributed by atoms with Gasteiger partial charge >= 0.3 is 6.85 Å². The van der Waals surface area contributed by atoms with E-state index >= 15 is 0 Å². The van der Waals surface area contributed by atoms with Crippen molar-refractivity contribution < 1.29 is 8.83 Å². The molecule has 5 heteroatoms. The highest BCUT2D eigenvalue weighted by atomic mass is 16.3. The standard InChI is InChI=1S/C52H35BN2O2/c1-52(2,3)31-24-26-40(37(28-31)30-14-5-4-6-15-30)54-42-29-38-33-17-8-11-22-43(33)57-51(38)47-36-20-13-19-34-32-16-7-10-21-41(32)55(49(34)36)53(48(42)47)39-25-27-45-46(50(39)54)35-18-9-12-23-44(35)56-45/h4-29H,1-3H3. The second kappa shape index (κ2) is 10.9. The molecule has 11 aromatic rings. The van der Waals surface area contributed by atoms with Crippen molar-refractivity contribution in [3.05, 3.63) is 163 Å². The van der Waals surface area contributed by atoms with Crippen LogP contribution in [0.2, 0.25) is 0 Å². The molecular formula is C52H35BN2O2. The van der Waals surface area contributed by atoms with Crippen LogP contribution in [-0.2, 0) is 5.41 Å². The van der Waals surface area contributed by atoms with Gasteiger partial charge in [0.25, 0.3) is 0 Å². The largest absolute Gasteiger partial charge is 0.456 e. The fourth-order valence-corrected chi connectivity index (χ4v) is 10.2. The first-order chi connectivity index (χ1) is 27.9. The Morgan fingerprint density at radius 1 is 0.526 bits per heavy atom. The maximum atomic E-state index is 6.99. The van der Waals surface area contributed by atoms with E-state index in [-0.39, 0.29) is 12.3 Å². The third-order valence-corrected chi connectivity index (χ3v) is 12.7. The predicted molar refractivity (Wildman–Crippen MR) is 239 cm³/mol. The fourth-order valence-electron chi connectivity index (χ4n) is 10.2. The van der Waals surface area contributed by atoms with E-state index in [0.717, 1.165) is 60.9 Å². The molecule has 0 saturated heterocycles. The van der Waals surface area contributed by atoms with Gasteiger partial charge < -0.3 is 18.2 Å². The molecule has 0 radical (unpaired) electrons. The third-order valence-electron chi connectivity index (χ3n) is 12.7. The van der Waals surface area contributed by atoms with Crippen molar-refractivity contribution in [2.24, 2.45) is 0 Å². The molecule has 0 unspecified atom stereocenters. The molecule has 0 atom stereocenters. The number of hydrogen-bond donors (Lipinski definition) is 0. The maximum Gasteiger partial charge on any atom is 0.333 e. The normalized spacial score (nSPS) is 13.5. The third kappa shape index (κ3) is 4.03. The number of nitrogens with zero attached hydrogens (tertiary/aromatic N) is 2. The minimum absolute atomic E-state index is 0.0423. The van der Waals surface area contributed by atoms with Gasteiger partial charge in [-0.15, -0.1) is 0 Å². The van der Waals surface area contributed by atoms with Gasteiger partial charge in [0.05, 0.1) is 16.8 Å². The van der Waals surface area contributed by atoms with Crippen LogP contribution in [0.15, 0.2) is 167 Å². The molecule has 0 N–H and O–H groups in total. The Morgan fingerprint density at radius 3 is 2.07 bits per heavy atom. The zero-order chi connectivity index (χ0) is 37.7. The first-order valence-corrected chi connectivity index (χ1v) is 19.9. The molecule has 5 heterocycles. The second-order valence-corrected chi connectivity index (χ2v) is 16.8. The van der Waals surface area contributed by atoms with Gasteiger partial charge in [0, 0.05) is 60.3 Å². The van der Waals surface area contributed by atoms with Crippen LogP contribution in [0, 0.1) is 0 Å². The van der Waals surface area contributed by atoms with E-state index in [1.807, 2.05) is 0 Å². The van der Waals surface area contributed by atoms with Gasteiger partial charge in [-0.2, -0.15) is 0 Å². The molecule has 3 aromatic heterocycles. The van der Waals surface area contributed by atoms with Crippen LogP contribution < -0.4 is 15.8 Å². The molecule has 0 amide bonds. The molecule has 0 aliphatic carbocycles. The van der Waals surface area contributed by atoms with E-state index < -0.39 is 0 Å². The number of furan rings is 2. The number of rotatable bonds is 2. The summed E-state index contributed by atoms with van der Waals surface area (Å²) in [6.45, 7) is 6.76. The van der Waals surface area contributed by atoms with Crippen LogP contribution in [0.3, 0.4) is 0 Å². The highest BCUT2D eigenvalue weighted by Gasteiger charge is 2.45. The van der Waals surface area contributed by atoms with E-state index in [4.69, 9.17) is 8.83 Å². The van der Waals surface area contributed by atoms with Crippen molar-refractivity contribution in [2.75, 3.05) is 4.90 Å². The summed E-state index contributed by atoms with van der Waals surface area (Å²) in [4.78, 5) is 2.57. The molecule has 0 saturated carbocycles. The molecule has 13 rings (SSSR count). The maximum absolute atomic E-state index is 6.99. The Balaban J connectivity index is 1.28. The molecule has 8 aromatic carbocycles. The van der Waals surface area contributed by atoms with Crippen molar-refractivity contribution in [1.82, 2.24) is 4.48 Å². The van der Waals surface area contributed by atoms with Crippen molar-refractivity contribution in [1.29, 1.82) is 0 Å². The summed E-state index contributed by atoms with van der Waals surface area (Å²) in [5.41, 5.74) is 18.0. The van der Waals surface area contributed by atoms with Gasteiger partial charge in [0.15, 0.2) is 0 Å². The summed E-state index contributed by atoms with van der Waals surface area (Å²) in [5, 5.41) is 6.98. The first kappa shape index (κ1) is 31.3. The predicted octanol–water partition coefficient (Wildman–Crippen LogP) is 13.0. The van der Waals surface area contributed by atoms with E-state index in [1.54, 1.807) is 0 Å². The quantitative estimate of drug-likeness (QED) is 0.166. The first-order valence-electron chi connectivity index (χ1n) is 19.9. The average molecular weight is 731 g/mol. The molecule has 2 aliphatic rings. The Kier molecular flexibility index (Phi) is 5.96. The Morgan fingerprint density at radius 2 is 1.25 bits per heavy atom. The zero-order valence-corrected chi connectivity index (χ0v) is 31.8. The summed E-state index contributed by atoms with van der Waals surface area (Å²) >= 11 is 0. The molecule has 268 valence electrons. The molecule has 0 fully saturated rings. The van der Waals surface area contributed by atoms with Gasteiger partial charge in [-0.05, 0) is 69.9 Å². The van der Waals surface area contributed by atoms with E-state index in [1.165, 1.54) is 60.5 Å². The van der Waals surface area contributed by atoms with Crippen molar-refractivity contribution >= 4 is 101 Å². The second-order valence-electron chi connectivity index (χ2n) is 16.8. The lowest BCUT2D eigenvalue weighted by Crippen LogP contribution is -2.56. The summed E-state index contributed by atoms with van der Waals surface area (Å²) in [7, 11) is 0. The van der Waals surface area contributed by atoms with Crippen molar-refractivity contribution in [2.45, 2.75) is 26.2 Å². The summed E-state index contributed by atoms with van der Waals surface area (Å²) in [6.07, 6.45) is 0. The smallest absolute Gasteiger partial charge is 0.333 e. The van der Waals surface area contributed by atoms with Gasteiger partial charge in [-0.3, -0.25) is 0 Å². The summed E-state index contributed by atoms with van der Waals surface area (Å²) in [6, 6.07) is 57.7. The minimum Gasteiger partial charge on any atom is -0.456 e. The van der Waals surface area contributed by atoms with Gasteiger partial charge in [0.1, 0.15) is 22.3 Å². The molecule has 57 heavy (non-hydrogen) atoms. The number of hydrogen-bond acceptors (Lipinski definition) is 3.